The second-order valence-corrected chi connectivity index (χ2v) is 6.23. The average molecular weight is 297 g/mol. The van der Waals surface area contributed by atoms with Gasteiger partial charge in [-0.2, -0.15) is 5.10 Å². The Labute approximate surface area is 125 Å². The lowest BCUT2D eigenvalue weighted by atomic mass is 10.3. The first kappa shape index (κ1) is 12.1. The molecule has 0 radical (unpaired) electrons. The Hall–Kier alpha value is -2.44. The van der Waals surface area contributed by atoms with E-state index in [1.165, 1.54) is 12.8 Å². The molecule has 112 valence electrons. The van der Waals surface area contributed by atoms with Crippen LogP contribution < -0.4 is 5.56 Å². The fraction of sp³-hybridized carbons (Fsp3) is 0.467. The Kier molecular flexibility index (Phi) is 2.36. The highest BCUT2D eigenvalue weighted by atomic mass is 16.5. The molecule has 0 bridgehead atoms. The van der Waals surface area contributed by atoms with Crippen LogP contribution in [0.4, 0.5) is 0 Å². The number of fused-ring (bicyclic) bond motifs is 1. The topological polar surface area (TPSA) is 78.7 Å². The highest BCUT2D eigenvalue weighted by Crippen LogP contribution is 2.39. The van der Waals surface area contributed by atoms with E-state index in [0.717, 1.165) is 18.5 Å². The van der Waals surface area contributed by atoms with E-state index < -0.39 is 0 Å². The molecule has 5 rings (SSSR count). The van der Waals surface area contributed by atoms with Crippen molar-refractivity contribution in [3.05, 3.63) is 40.4 Å². The standard InChI is InChI=1S/C15H15N5O2/c21-15-12-6-17-20(10-3-4-10)14(12)16-8-19(15)7-11-5-13(18-22-11)9-1-2-9/h5-6,8-10H,1-4,7H2. The van der Waals surface area contributed by atoms with Gasteiger partial charge in [0.05, 0.1) is 24.5 Å². The molecule has 2 fully saturated rings. The van der Waals surface area contributed by atoms with Crippen LogP contribution >= 0.6 is 0 Å². The molecule has 3 heterocycles. The van der Waals surface area contributed by atoms with E-state index in [1.54, 1.807) is 17.1 Å². The van der Waals surface area contributed by atoms with Gasteiger partial charge in [0.25, 0.3) is 5.56 Å². The molecule has 22 heavy (non-hydrogen) atoms. The third-order valence-corrected chi connectivity index (χ3v) is 4.37. The van der Waals surface area contributed by atoms with Crippen molar-refractivity contribution in [3.8, 4) is 0 Å². The van der Waals surface area contributed by atoms with Crippen molar-refractivity contribution in [1.29, 1.82) is 0 Å². The van der Waals surface area contributed by atoms with Gasteiger partial charge in [-0.25, -0.2) is 9.67 Å². The number of rotatable bonds is 4. The molecule has 0 atom stereocenters. The molecule has 0 unspecified atom stereocenters. The van der Waals surface area contributed by atoms with Crippen molar-refractivity contribution in [2.45, 2.75) is 44.2 Å². The van der Waals surface area contributed by atoms with Crippen LogP contribution in [-0.4, -0.2) is 24.5 Å². The van der Waals surface area contributed by atoms with Gasteiger partial charge in [-0.1, -0.05) is 5.16 Å². The minimum atomic E-state index is -0.0822. The van der Waals surface area contributed by atoms with Crippen LogP contribution in [-0.2, 0) is 6.54 Å². The maximum Gasteiger partial charge on any atom is 0.264 e. The molecule has 0 aliphatic heterocycles. The predicted octanol–water partition coefficient (Wildman–Crippen LogP) is 1.84. The second-order valence-electron chi connectivity index (χ2n) is 6.23. The predicted molar refractivity (Wildman–Crippen MR) is 77.6 cm³/mol. The molecule has 7 nitrogen and oxygen atoms in total. The van der Waals surface area contributed by atoms with E-state index >= 15 is 0 Å². The Morgan fingerprint density at radius 1 is 1.27 bits per heavy atom. The van der Waals surface area contributed by atoms with Crippen molar-refractivity contribution in [3.63, 3.8) is 0 Å². The third-order valence-electron chi connectivity index (χ3n) is 4.37. The molecule has 2 saturated carbocycles. The molecule has 2 aliphatic carbocycles. The van der Waals surface area contributed by atoms with E-state index in [9.17, 15) is 4.79 Å². The summed E-state index contributed by atoms with van der Waals surface area (Å²) in [4.78, 5) is 17.0. The first-order valence-corrected chi connectivity index (χ1v) is 7.68. The summed E-state index contributed by atoms with van der Waals surface area (Å²) in [6.45, 7) is 0.357. The fourth-order valence-electron chi connectivity index (χ4n) is 2.81. The summed E-state index contributed by atoms with van der Waals surface area (Å²) >= 11 is 0. The SMILES string of the molecule is O=c1c2cnn(C3CC3)c2ncn1Cc1cc(C2CC2)no1. The second kappa shape index (κ2) is 4.28. The lowest BCUT2D eigenvalue weighted by molar-refractivity contribution is 0.369. The summed E-state index contributed by atoms with van der Waals surface area (Å²) in [6.07, 6.45) is 7.78. The normalized spacial score (nSPS) is 18.2. The van der Waals surface area contributed by atoms with Crippen LogP contribution in [0.3, 0.4) is 0 Å². The van der Waals surface area contributed by atoms with E-state index in [4.69, 9.17) is 4.52 Å². The molecule has 0 aromatic carbocycles. The Morgan fingerprint density at radius 2 is 2.14 bits per heavy atom. The molecule has 3 aromatic heterocycles. The molecule has 0 amide bonds. The fourth-order valence-corrected chi connectivity index (χ4v) is 2.81. The molecule has 0 N–H and O–H groups in total. The zero-order chi connectivity index (χ0) is 14.7. The van der Waals surface area contributed by atoms with Crippen LogP contribution in [0.5, 0.6) is 0 Å². The monoisotopic (exact) mass is 297 g/mol. The third kappa shape index (κ3) is 1.88. The van der Waals surface area contributed by atoms with Gasteiger partial charge in [0, 0.05) is 12.0 Å². The number of nitrogens with zero attached hydrogens (tertiary/aromatic N) is 5. The Bertz CT molecular complexity index is 914. The number of aromatic nitrogens is 5. The van der Waals surface area contributed by atoms with Gasteiger partial charge in [0.15, 0.2) is 11.4 Å². The van der Waals surface area contributed by atoms with Gasteiger partial charge in [0.2, 0.25) is 0 Å². The van der Waals surface area contributed by atoms with Gasteiger partial charge < -0.3 is 4.52 Å². The highest BCUT2D eigenvalue weighted by molar-refractivity contribution is 5.73. The zero-order valence-corrected chi connectivity index (χ0v) is 12.0. The van der Waals surface area contributed by atoms with Gasteiger partial charge in [-0.15, -0.1) is 0 Å². The van der Waals surface area contributed by atoms with Gasteiger partial charge in [0.1, 0.15) is 11.7 Å². The summed E-state index contributed by atoms with van der Waals surface area (Å²) in [5.74, 6) is 1.24. The molecular weight excluding hydrogens is 282 g/mol. The maximum atomic E-state index is 12.5. The molecule has 2 aliphatic rings. The Balaban J connectivity index is 1.50. The van der Waals surface area contributed by atoms with E-state index in [0.29, 0.717) is 35.3 Å². The first-order valence-electron chi connectivity index (χ1n) is 7.68. The van der Waals surface area contributed by atoms with Crippen molar-refractivity contribution >= 4 is 11.0 Å². The average Bonchev–Trinajstić information content (AvgIpc) is 3.45. The van der Waals surface area contributed by atoms with Crippen LogP contribution in [0.2, 0.25) is 0 Å². The van der Waals surface area contributed by atoms with Crippen molar-refractivity contribution < 1.29 is 4.52 Å². The van der Waals surface area contributed by atoms with Crippen molar-refractivity contribution in [1.82, 2.24) is 24.5 Å². The van der Waals surface area contributed by atoms with Gasteiger partial charge in [-0.3, -0.25) is 9.36 Å². The quantitative estimate of drug-likeness (QED) is 0.734. The summed E-state index contributed by atoms with van der Waals surface area (Å²) in [5.41, 5.74) is 1.60. The van der Waals surface area contributed by atoms with Crippen LogP contribution in [0.1, 0.15) is 49.1 Å². The van der Waals surface area contributed by atoms with Crippen molar-refractivity contribution in [2.75, 3.05) is 0 Å². The van der Waals surface area contributed by atoms with Crippen LogP contribution in [0.25, 0.3) is 11.0 Å². The largest absolute Gasteiger partial charge is 0.359 e. The van der Waals surface area contributed by atoms with Crippen LogP contribution in [0.15, 0.2) is 27.9 Å². The first-order chi connectivity index (χ1) is 10.8. The minimum Gasteiger partial charge on any atom is -0.359 e. The molecule has 0 saturated heterocycles. The highest BCUT2D eigenvalue weighted by Gasteiger charge is 2.28. The Morgan fingerprint density at radius 3 is 2.91 bits per heavy atom. The minimum absolute atomic E-state index is 0.0822. The number of hydrogen-bond acceptors (Lipinski definition) is 5. The van der Waals surface area contributed by atoms with E-state index in [-0.39, 0.29) is 5.56 Å². The van der Waals surface area contributed by atoms with E-state index in [2.05, 4.69) is 15.2 Å². The van der Waals surface area contributed by atoms with Crippen molar-refractivity contribution in [2.24, 2.45) is 0 Å². The molecular formula is C15H15N5O2. The number of hydrogen-bond donors (Lipinski definition) is 0. The lowest BCUT2D eigenvalue weighted by Crippen LogP contribution is -2.21. The lowest BCUT2D eigenvalue weighted by Gasteiger charge is -2.03. The zero-order valence-electron chi connectivity index (χ0n) is 12.0. The van der Waals surface area contributed by atoms with Gasteiger partial charge in [-0.05, 0) is 25.7 Å². The van der Waals surface area contributed by atoms with Gasteiger partial charge >= 0.3 is 0 Å². The summed E-state index contributed by atoms with van der Waals surface area (Å²) < 4.78 is 8.75. The molecule has 3 aromatic rings. The summed E-state index contributed by atoms with van der Waals surface area (Å²) in [7, 11) is 0. The summed E-state index contributed by atoms with van der Waals surface area (Å²) in [6, 6.07) is 2.36. The van der Waals surface area contributed by atoms with E-state index in [1.807, 2.05) is 10.7 Å². The van der Waals surface area contributed by atoms with Crippen LogP contribution in [0, 0.1) is 0 Å². The summed E-state index contributed by atoms with van der Waals surface area (Å²) in [5, 5.41) is 8.95. The molecule has 7 heteroatoms. The smallest absolute Gasteiger partial charge is 0.264 e. The molecule has 0 spiro atoms. The maximum absolute atomic E-state index is 12.5.